The molecule has 0 saturated carbocycles. The van der Waals surface area contributed by atoms with E-state index >= 15 is 0 Å². The highest BCUT2D eigenvalue weighted by molar-refractivity contribution is 6.42. The standard InChI is InChI=1S/C17H16Cl2O3/c1-10-6-11(2)8-13(7-10)22-15(17(20)21)9-12-4-3-5-14(18)16(12)19/h3-8,15H,9H2,1-2H3,(H,20,21)/t15-/m0/s1. The molecule has 1 N–H and O–H groups in total. The first-order valence-corrected chi connectivity index (χ1v) is 7.53. The van der Waals surface area contributed by atoms with Gasteiger partial charge < -0.3 is 9.84 Å². The first-order valence-electron chi connectivity index (χ1n) is 6.77. The van der Waals surface area contributed by atoms with E-state index < -0.39 is 12.1 Å². The van der Waals surface area contributed by atoms with Crippen LogP contribution >= 0.6 is 23.2 Å². The number of hydrogen-bond acceptors (Lipinski definition) is 2. The van der Waals surface area contributed by atoms with E-state index in [0.29, 0.717) is 21.4 Å². The van der Waals surface area contributed by atoms with Gasteiger partial charge in [0.25, 0.3) is 0 Å². The van der Waals surface area contributed by atoms with Crippen LogP contribution in [0, 0.1) is 13.8 Å². The van der Waals surface area contributed by atoms with Crippen LogP contribution in [0.1, 0.15) is 16.7 Å². The average Bonchev–Trinajstić information content (AvgIpc) is 2.41. The third-order valence-electron chi connectivity index (χ3n) is 3.19. The van der Waals surface area contributed by atoms with Crippen molar-refractivity contribution in [3.8, 4) is 5.75 Å². The Labute approximate surface area is 139 Å². The molecule has 2 rings (SSSR count). The number of carboxylic acid groups (broad SMARTS) is 1. The molecule has 2 aromatic carbocycles. The molecule has 0 aromatic heterocycles. The lowest BCUT2D eigenvalue weighted by atomic mass is 10.1. The largest absolute Gasteiger partial charge is 0.478 e. The molecule has 22 heavy (non-hydrogen) atoms. The molecule has 0 aliphatic heterocycles. The van der Waals surface area contributed by atoms with Crippen molar-refractivity contribution >= 4 is 29.2 Å². The Bertz CT molecular complexity index is 678. The second-order valence-corrected chi connectivity index (χ2v) is 5.97. The molecule has 0 aliphatic carbocycles. The van der Waals surface area contributed by atoms with Crippen LogP contribution in [-0.2, 0) is 11.2 Å². The van der Waals surface area contributed by atoms with Crippen LogP contribution in [-0.4, -0.2) is 17.2 Å². The summed E-state index contributed by atoms with van der Waals surface area (Å²) in [6, 6.07) is 10.8. The number of carbonyl (C=O) groups is 1. The zero-order chi connectivity index (χ0) is 16.3. The van der Waals surface area contributed by atoms with Crippen molar-refractivity contribution in [3.05, 3.63) is 63.1 Å². The van der Waals surface area contributed by atoms with Gasteiger partial charge in [0.2, 0.25) is 0 Å². The Hall–Kier alpha value is -1.71. The summed E-state index contributed by atoms with van der Waals surface area (Å²) in [6.45, 7) is 3.87. The van der Waals surface area contributed by atoms with E-state index in [4.69, 9.17) is 27.9 Å². The summed E-state index contributed by atoms with van der Waals surface area (Å²) >= 11 is 12.1. The van der Waals surface area contributed by atoms with Crippen LogP contribution in [0.15, 0.2) is 36.4 Å². The van der Waals surface area contributed by atoms with Gasteiger partial charge in [-0.25, -0.2) is 4.79 Å². The fraction of sp³-hybridized carbons (Fsp3) is 0.235. The molecule has 2 aromatic rings. The Kier molecular flexibility index (Phi) is 5.33. The normalized spacial score (nSPS) is 12.0. The summed E-state index contributed by atoms with van der Waals surface area (Å²) in [5, 5.41) is 10.2. The molecule has 1 atom stereocenters. The van der Waals surface area contributed by atoms with Crippen LogP contribution < -0.4 is 4.74 Å². The number of aliphatic carboxylic acids is 1. The van der Waals surface area contributed by atoms with Gasteiger partial charge in [0, 0.05) is 6.42 Å². The SMILES string of the molecule is Cc1cc(C)cc(O[C@@H](Cc2cccc(Cl)c2Cl)C(=O)O)c1. The number of ether oxygens (including phenoxy) is 1. The van der Waals surface area contributed by atoms with Gasteiger partial charge in [0.15, 0.2) is 6.10 Å². The third-order valence-corrected chi connectivity index (χ3v) is 4.04. The number of rotatable bonds is 5. The van der Waals surface area contributed by atoms with Crippen molar-refractivity contribution in [1.82, 2.24) is 0 Å². The van der Waals surface area contributed by atoms with Gasteiger partial charge >= 0.3 is 5.97 Å². The second kappa shape index (κ2) is 7.03. The highest BCUT2D eigenvalue weighted by atomic mass is 35.5. The number of carboxylic acids is 1. The van der Waals surface area contributed by atoms with E-state index in [9.17, 15) is 9.90 Å². The highest BCUT2D eigenvalue weighted by Gasteiger charge is 2.22. The van der Waals surface area contributed by atoms with E-state index in [-0.39, 0.29) is 6.42 Å². The zero-order valence-corrected chi connectivity index (χ0v) is 13.8. The van der Waals surface area contributed by atoms with Gasteiger partial charge in [-0.1, -0.05) is 41.4 Å². The lowest BCUT2D eigenvalue weighted by Gasteiger charge is -2.17. The van der Waals surface area contributed by atoms with Gasteiger partial charge in [-0.15, -0.1) is 0 Å². The summed E-state index contributed by atoms with van der Waals surface area (Å²) in [6.07, 6.45) is -0.890. The van der Waals surface area contributed by atoms with Gasteiger partial charge in [-0.05, 0) is 48.7 Å². The van der Waals surface area contributed by atoms with Crippen LogP contribution in [0.4, 0.5) is 0 Å². The molecule has 5 heteroatoms. The molecule has 0 bridgehead atoms. The Morgan fingerprint density at radius 1 is 1.18 bits per heavy atom. The molecule has 0 spiro atoms. The van der Waals surface area contributed by atoms with Crippen LogP contribution in [0.5, 0.6) is 5.75 Å². The van der Waals surface area contributed by atoms with Crippen molar-refractivity contribution in [2.75, 3.05) is 0 Å². The zero-order valence-electron chi connectivity index (χ0n) is 12.3. The predicted molar refractivity (Wildman–Crippen MR) is 88.1 cm³/mol. The van der Waals surface area contributed by atoms with Crippen molar-refractivity contribution in [2.45, 2.75) is 26.4 Å². The first kappa shape index (κ1) is 16.7. The van der Waals surface area contributed by atoms with Crippen LogP contribution in [0.2, 0.25) is 10.0 Å². The van der Waals surface area contributed by atoms with Gasteiger partial charge in [-0.2, -0.15) is 0 Å². The fourth-order valence-electron chi connectivity index (χ4n) is 2.25. The van der Waals surface area contributed by atoms with Crippen molar-refractivity contribution in [3.63, 3.8) is 0 Å². The highest BCUT2D eigenvalue weighted by Crippen LogP contribution is 2.27. The molecule has 0 heterocycles. The number of halogens is 2. The summed E-state index contributed by atoms with van der Waals surface area (Å²) in [4.78, 5) is 11.5. The minimum Gasteiger partial charge on any atom is -0.478 e. The maximum atomic E-state index is 11.5. The Balaban J connectivity index is 2.23. The van der Waals surface area contributed by atoms with Crippen molar-refractivity contribution in [1.29, 1.82) is 0 Å². The van der Waals surface area contributed by atoms with Crippen LogP contribution in [0.3, 0.4) is 0 Å². The fourth-order valence-corrected chi connectivity index (χ4v) is 2.65. The topological polar surface area (TPSA) is 46.5 Å². The summed E-state index contributed by atoms with van der Waals surface area (Å²) < 4.78 is 5.64. The molecule has 0 fully saturated rings. The third kappa shape index (κ3) is 4.15. The molecular formula is C17H16Cl2O3. The van der Waals surface area contributed by atoms with Gasteiger partial charge in [0.05, 0.1) is 10.0 Å². The van der Waals surface area contributed by atoms with E-state index in [0.717, 1.165) is 11.1 Å². The Morgan fingerprint density at radius 2 is 1.82 bits per heavy atom. The molecule has 0 amide bonds. The lowest BCUT2D eigenvalue weighted by Crippen LogP contribution is -2.29. The van der Waals surface area contributed by atoms with Crippen LogP contribution in [0.25, 0.3) is 0 Å². The van der Waals surface area contributed by atoms with Gasteiger partial charge in [-0.3, -0.25) is 0 Å². The van der Waals surface area contributed by atoms with Crippen molar-refractivity contribution < 1.29 is 14.6 Å². The lowest BCUT2D eigenvalue weighted by molar-refractivity contribution is -0.145. The minimum atomic E-state index is -1.05. The summed E-state index contributed by atoms with van der Waals surface area (Å²) in [5.74, 6) is -0.516. The molecule has 3 nitrogen and oxygen atoms in total. The maximum absolute atomic E-state index is 11.5. The Morgan fingerprint density at radius 3 is 2.41 bits per heavy atom. The number of benzene rings is 2. The summed E-state index contributed by atoms with van der Waals surface area (Å²) in [5.41, 5.74) is 2.67. The molecule has 0 radical (unpaired) electrons. The predicted octanol–water partition coefficient (Wildman–Crippen LogP) is 4.68. The first-order chi connectivity index (χ1) is 10.4. The quantitative estimate of drug-likeness (QED) is 0.860. The van der Waals surface area contributed by atoms with E-state index in [1.54, 1.807) is 18.2 Å². The second-order valence-electron chi connectivity index (χ2n) is 5.19. The molecule has 0 aliphatic rings. The summed E-state index contributed by atoms with van der Waals surface area (Å²) in [7, 11) is 0. The molecular weight excluding hydrogens is 323 g/mol. The van der Waals surface area contributed by atoms with Gasteiger partial charge in [0.1, 0.15) is 5.75 Å². The smallest absolute Gasteiger partial charge is 0.345 e. The molecule has 0 saturated heterocycles. The molecule has 116 valence electrons. The molecule has 0 unspecified atom stereocenters. The maximum Gasteiger partial charge on any atom is 0.345 e. The van der Waals surface area contributed by atoms with E-state index in [1.165, 1.54) is 0 Å². The average molecular weight is 339 g/mol. The van der Waals surface area contributed by atoms with E-state index in [1.807, 2.05) is 32.0 Å². The number of aryl methyl sites for hydroxylation is 2. The van der Waals surface area contributed by atoms with Crippen molar-refractivity contribution in [2.24, 2.45) is 0 Å². The van der Waals surface area contributed by atoms with E-state index in [2.05, 4.69) is 0 Å². The monoisotopic (exact) mass is 338 g/mol. The number of hydrogen-bond donors (Lipinski definition) is 1. The minimum absolute atomic E-state index is 0.141.